The highest BCUT2D eigenvalue weighted by molar-refractivity contribution is 6.24. The van der Waals surface area contributed by atoms with Crippen LogP contribution in [0.25, 0.3) is 105 Å². The molecule has 0 aliphatic heterocycles. The van der Waals surface area contributed by atoms with Gasteiger partial charge in [0.25, 0.3) is 0 Å². The molecule has 0 atom stereocenters. The van der Waals surface area contributed by atoms with Crippen molar-refractivity contribution >= 4 is 76.3 Å². The molecular weight excluding hydrogens is 673 g/mol. The van der Waals surface area contributed by atoms with Gasteiger partial charge in [0.1, 0.15) is 0 Å². The third-order valence-corrected chi connectivity index (χ3v) is 11.1. The molecule has 256 valence electrons. The van der Waals surface area contributed by atoms with E-state index in [4.69, 9.17) is 9.97 Å². The molecule has 0 aliphatic carbocycles. The Hall–Kier alpha value is -7.57. The van der Waals surface area contributed by atoms with Gasteiger partial charge in [0.2, 0.25) is 5.95 Å². The van der Waals surface area contributed by atoms with E-state index in [2.05, 4.69) is 182 Å². The van der Waals surface area contributed by atoms with Gasteiger partial charge in [0.05, 0.1) is 44.3 Å². The molecule has 12 aromatic rings. The van der Waals surface area contributed by atoms with Crippen molar-refractivity contribution in [2.75, 3.05) is 0 Å². The van der Waals surface area contributed by atoms with E-state index in [1.807, 2.05) is 18.5 Å². The van der Waals surface area contributed by atoms with Crippen LogP contribution >= 0.6 is 0 Å². The van der Waals surface area contributed by atoms with Crippen LogP contribution in [-0.4, -0.2) is 28.7 Å². The molecule has 0 amide bonds. The molecule has 55 heavy (non-hydrogen) atoms. The van der Waals surface area contributed by atoms with Gasteiger partial charge in [0, 0.05) is 67.0 Å². The molecule has 6 nitrogen and oxygen atoms in total. The molecule has 0 spiro atoms. The van der Waals surface area contributed by atoms with Crippen LogP contribution in [-0.2, 0) is 0 Å². The average molecular weight is 703 g/mol. The molecule has 12 rings (SSSR count). The standard InChI is InChI=1S/C49H30N6/c1-3-13-31(14-4-1)46-38-19-7-10-20-41(38)51-49(52-46)55-43-22-12-9-18-35(43)37-25-24-36-34-17-8-11-21-42(34)54(47(36)48(37)55)33-23-26-44-39(29-33)40-30-50-28-27-45(40)53(44)32-15-5-2-6-16-32/h1-30H. The summed E-state index contributed by atoms with van der Waals surface area (Å²) in [6.45, 7) is 0. The lowest BCUT2D eigenvalue weighted by Crippen LogP contribution is -2.04. The first-order chi connectivity index (χ1) is 27.3. The third kappa shape index (κ3) is 4.27. The van der Waals surface area contributed by atoms with E-state index < -0.39 is 0 Å². The van der Waals surface area contributed by atoms with Gasteiger partial charge in [-0.2, -0.15) is 0 Å². The van der Waals surface area contributed by atoms with E-state index in [1.54, 1.807) is 0 Å². The summed E-state index contributed by atoms with van der Waals surface area (Å²) in [5.41, 5.74) is 11.7. The van der Waals surface area contributed by atoms with Crippen molar-refractivity contribution < 1.29 is 0 Å². The zero-order valence-corrected chi connectivity index (χ0v) is 29.5. The summed E-state index contributed by atoms with van der Waals surface area (Å²) in [5, 5.41) is 7.95. The molecule has 0 unspecified atom stereocenters. The Balaban J connectivity index is 1.23. The van der Waals surface area contributed by atoms with Crippen LogP contribution in [0.15, 0.2) is 182 Å². The summed E-state index contributed by atoms with van der Waals surface area (Å²) in [7, 11) is 0. The summed E-state index contributed by atoms with van der Waals surface area (Å²) in [6, 6.07) is 60.2. The number of nitrogens with zero attached hydrogens (tertiary/aromatic N) is 6. The second kappa shape index (κ2) is 11.5. The quantitative estimate of drug-likeness (QED) is 0.183. The summed E-state index contributed by atoms with van der Waals surface area (Å²) >= 11 is 0. The molecule has 0 aliphatic rings. The van der Waals surface area contributed by atoms with Gasteiger partial charge in [-0.15, -0.1) is 0 Å². The highest BCUT2D eigenvalue weighted by atomic mass is 15.2. The van der Waals surface area contributed by atoms with Crippen molar-refractivity contribution in [3.63, 3.8) is 0 Å². The molecule has 0 saturated carbocycles. The first-order valence-electron chi connectivity index (χ1n) is 18.5. The summed E-state index contributed by atoms with van der Waals surface area (Å²) in [5.74, 6) is 0.639. The fourth-order valence-corrected chi connectivity index (χ4v) is 8.81. The zero-order chi connectivity index (χ0) is 36.0. The molecule has 6 heteroatoms. The van der Waals surface area contributed by atoms with E-state index in [0.29, 0.717) is 5.95 Å². The number of fused-ring (bicyclic) bond motifs is 11. The first-order valence-corrected chi connectivity index (χ1v) is 18.5. The predicted molar refractivity (Wildman–Crippen MR) is 226 cm³/mol. The molecule has 5 heterocycles. The predicted octanol–water partition coefficient (Wildman–Crippen LogP) is 12.0. The van der Waals surface area contributed by atoms with E-state index >= 15 is 0 Å². The smallest absolute Gasteiger partial charge is 0.235 e. The number of para-hydroxylation sites is 4. The number of rotatable bonds is 4. The van der Waals surface area contributed by atoms with Gasteiger partial charge in [0.15, 0.2) is 0 Å². The monoisotopic (exact) mass is 702 g/mol. The minimum absolute atomic E-state index is 0.639. The van der Waals surface area contributed by atoms with E-state index in [0.717, 1.165) is 88.2 Å². The van der Waals surface area contributed by atoms with E-state index in [-0.39, 0.29) is 0 Å². The second-order valence-electron chi connectivity index (χ2n) is 14.1. The fourth-order valence-electron chi connectivity index (χ4n) is 8.81. The van der Waals surface area contributed by atoms with Gasteiger partial charge in [-0.3, -0.25) is 9.55 Å². The summed E-state index contributed by atoms with van der Waals surface area (Å²) in [6.07, 6.45) is 3.87. The van der Waals surface area contributed by atoms with Gasteiger partial charge in [-0.05, 0) is 54.6 Å². The Kier molecular flexibility index (Phi) is 6.24. The van der Waals surface area contributed by atoms with Crippen LogP contribution in [0.2, 0.25) is 0 Å². The van der Waals surface area contributed by atoms with Crippen LogP contribution in [0.4, 0.5) is 0 Å². The van der Waals surface area contributed by atoms with Crippen LogP contribution in [0.3, 0.4) is 0 Å². The van der Waals surface area contributed by atoms with Crippen LogP contribution in [0, 0.1) is 0 Å². The minimum Gasteiger partial charge on any atom is -0.309 e. The van der Waals surface area contributed by atoms with Crippen LogP contribution < -0.4 is 0 Å². The van der Waals surface area contributed by atoms with Gasteiger partial charge in [-0.25, -0.2) is 9.97 Å². The minimum atomic E-state index is 0.639. The van der Waals surface area contributed by atoms with Crippen molar-refractivity contribution in [1.29, 1.82) is 0 Å². The molecule has 5 aromatic heterocycles. The Morgan fingerprint density at radius 2 is 0.964 bits per heavy atom. The highest BCUT2D eigenvalue weighted by Crippen LogP contribution is 2.43. The summed E-state index contributed by atoms with van der Waals surface area (Å²) < 4.78 is 7.05. The SMILES string of the molecule is c1ccc(-c2nc(-n3c4ccccc4c4ccc5c6ccccc6n(-c6ccc7c(c6)c6cnccc6n7-c6ccccc6)c5c43)nc3ccccc23)cc1. The molecule has 0 saturated heterocycles. The second-order valence-corrected chi connectivity index (χ2v) is 14.1. The average Bonchev–Trinajstić information content (AvgIpc) is 3.89. The first kappa shape index (κ1) is 29.9. The molecule has 0 bridgehead atoms. The molecule has 7 aromatic carbocycles. The molecule has 0 fully saturated rings. The summed E-state index contributed by atoms with van der Waals surface area (Å²) in [4.78, 5) is 15.3. The lowest BCUT2D eigenvalue weighted by atomic mass is 10.1. The number of aromatic nitrogens is 6. The Labute approximate surface area is 314 Å². The van der Waals surface area contributed by atoms with Gasteiger partial charge >= 0.3 is 0 Å². The maximum atomic E-state index is 5.42. The Morgan fingerprint density at radius 3 is 1.73 bits per heavy atom. The van der Waals surface area contributed by atoms with Crippen LogP contribution in [0.5, 0.6) is 0 Å². The lowest BCUT2D eigenvalue weighted by Gasteiger charge is -2.14. The van der Waals surface area contributed by atoms with Gasteiger partial charge in [-0.1, -0.05) is 115 Å². The van der Waals surface area contributed by atoms with Crippen molar-refractivity contribution in [3.8, 4) is 28.6 Å². The number of benzene rings is 7. The maximum absolute atomic E-state index is 5.42. The van der Waals surface area contributed by atoms with E-state index in [1.165, 1.54) is 10.8 Å². The van der Waals surface area contributed by atoms with Gasteiger partial charge < -0.3 is 9.13 Å². The van der Waals surface area contributed by atoms with Crippen LogP contribution in [0.1, 0.15) is 0 Å². The van der Waals surface area contributed by atoms with E-state index in [9.17, 15) is 0 Å². The largest absolute Gasteiger partial charge is 0.309 e. The van der Waals surface area contributed by atoms with Crippen molar-refractivity contribution in [2.24, 2.45) is 0 Å². The highest BCUT2D eigenvalue weighted by Gasteiger charge is 2.24. The van der Waals surface area contributed by atoms with Crippen molar-refractivity contribution in [1.82, 2.24) is 28.7 Å². The normalized spacial score (nSPS) is 12.0. The fraction of sp³-hybridized carbons (Fsp3) is 0. The molecular formula is C49H30N6. The van der Waals surface area contributed by atoms with Crippen molar-refractivity contribution in [2.45, 2.75) is 0 Å². The number of pyridine rings is 1. The Morgan fingerprint density at radius 1 is 0.364 bits per heavy atom. The molecule has 0 radical (unpaired) electrons. The Bertz CT molecular complexity index is 3480. The number of hydrogen-bond donors (Lipinski definition) is 0. The third-order valence-electron chi connectivity index (χ3n) is 11.1. The topological polar surface area (TPSA) is 53.5 Å². The maximum Gasteiger partial charge on any atom is 0.235 e. The lowest BCUT2D eigenvalue weighted by molar-refractivity contribution is 1.01. The zero-order valence-electron chi connectivity index (χ0n) is 29.5. The number of hydrogen-bond acceptors (Lipinski definition) is 3. The van der Waals surface area contributed by atoms with Crippen molar-refractivity contribution in [3.05, 3.63) is 182 Å². The molecule has 0 N–H and O–H groups in total.